The summed E-state index contributed by atoms with van der Waals surface area (Å²) in [5.41, 5.74) is 11.5. The van der Waals surface area contributed by atoms with Gasteiger partial charge in [0, 0.05) is 37.8 Å². The lowest BCUT2D eigenvalue weighted by Crippen LogP contribution is -2.27. The number of benzene rings is 2. The lowest BCUT2D eigenvalue weighted by Gasteiger charge is -2.26. The molecule has 0 saturated heterocycles. The molecule has 0 radical (unpaired) electrons. The van der Waals surface area contributed by atoms with Crippen LogP contribution in [-0.4, -0.2) is 15.9 Å². The van der Waals surface area contributed by atoms with Gasteiger partial charge >= 0.3 is 0 Å². The number of halogens is 1. The first-order chi connectivity index (χ1) is 14.4. The summed E-state index contributed by atoms with van der Waals surface area (Å²) in [4.78, 5) is 1.40. The van der Waals surface area contributed by atoms with Crippen molar-refractivity contribution in [3.05, 3.63) is 64.3 Å². The molecule has 3 aromatic rings. The van der Waals surface area contributed by atoms with Gasteiger partial charge in [-0.15, -0.1) is 11.8 Å². The van der Waals surface area contributed by atoms with E-state index in [4.69, 9.17) is 17.3 Å². The Labute approximate surface area is 197 Å². The Kier molecular flexibility index (Phi) is 7.20. The fourth-order valence-corrected chi connectivity index (χ4v) is 5.14. The highest BCUT2D eigenvalue weighted by atomic mass is 35.5. The van der Waals surface area contributed by atoms with E-state index in [2.05, 4.69) is 83.4 Å². The molecule has 168 valence electrons. The second-order valence-electron chi connectivity index (χ2n) is 10.7. The zero-order chi connectivity index (χ0) is 23.0. The van der Waals surface area contributed by atoms with Gasteiger partial charge in [0.2, 0.25) is 0 Å². The molecule has 0 saturated carbocycles. The van der Waals surface area contributed by atoms with Gasteiger partial charge in [-0.2, -0.15) is 0 Å². The molecule has 4 heteroatoms. The summed E-state index contributed by atoms with van der Waals surface area (Å²) in [7, 11) is 0. The number of nitrogens with two attached hydrogens (primary N) is 1. The fraction of sp³-hybridized carbons (Fsp3) is 0.481. The number of hydrogen-bond acceptors (Lipinski definition) is 2. The van der Waals surface area contributed by atoms with Crippen LogP contribution < -0.4 is 5.73 Å². The Morgan fingerprint density at radius 1 is 1.00 bits per heavy atom. The topological polar surface area (TPSA) is 30.9 Å². The predicted molar refractivity (Wildman–Crippen MR) is 139 cm³/mol. The molecule has 2 N–H and O–H groups in total. The quantitative estimate of drug-likeness (QED) is 0.366. The van der Waals surface area contributed by atoms with Crippen molar-refractivity contribution >= 4 is 34.3 Å². The van der Waals surface area contributed by atoms with E-state index < -0.39 is 0 Å². The van der Waals surface area contributed by atoms with Crippen LogP contribution >= 0.6 is 23.4 Å². The molecule has 0 atom stereocenters. The Hall–Kier alpha value is -1.42. The molecular formula is C27H37ClN2S. The van der Waals surface area contributed by atoms with E-state index in [0.717, 1.165) is 18.0 Å². The van der Waals surface area contributed by atoms with Crippen LogP contribution in [0.4, 0.5) is 0 Å². The third kappa shape index (κ3) is 5.88. The molecule has 31 heavy (non-hydrogen) atoms. The minimum absolute atomic E-state index is 0.0280. The van der Waals surface area contributed by atoms with Gasteiger partial charge in [0.25, 0.3) is 0 Å². The van der Waals surface area contributed by atoms with E-state index in [0.29, 0.717) is 12.5 Å². The second-order valence-corrected chi connectivity index (χ2v) is 13.0. The number of hydrogen-bond donors (Lipinski definition) is 1. The maximum Gasteiger partial charge on any atom is 0.0497 e. The Balaban J connectivity index is 2.27. The van der Waals surface area contributed by atoms with Gasteiger partial charge in [-0.1, -0.05) is 78.3 Å². The van der Waals surface area contributed by atoms with E-state index in [1.54, 1.807) is 0 Å². The standard InChI is InChI=1S/C27H37ClN2S/c1-18(2)20-10-13-23-22(14-20)25(31-26(3,4)5)24(15-27(6,7)17-29)30(23)16-19-8-11-21(28)12-9-19/h8-14,18H,15-17,29H2,1-7H3. The first kappa shape index (κ1) is 24.2. The van der Waals surface area contributed by atoms with Crippen molar-refractivity contribution < 1.29 is 0 Å². The van der Waals surface area contributed by atoms with Crippen LogP contribution in [0.1, 0.15) is 71.2 Å². The van der Waals surface area contributed by atoms with Crippen molar-refractivity contribution in [1.82, 2.24) is 4.57 Å². The van der Waals surface area contributed by atoms with E-state index >= 15 is 0 Å². The average molecular weight is 457 g/mol. The summed E-state index contributed by atoms with van der Waals surface area (Å²) < 4.78 is 2.63. The van der Waals surface area contributed by atoms with E-state index in [1.807, 2.05) is 23.9 Å². The van der Waals surface area contributed by atoms with Gasteiger partial charge in [0.05, 0.1) is 0 Å². The zero-order valence-corrected chi connectivity index (χ0v) is 21.6. The highest BCUT2D eigenvalue weighted by Crippen LogP contribution is 2.43. The molecule has 2 aromatic carbocycles. The summed E-state index contributed by atoms with van der Waals surface area (Å²) in [6, 6.07) is 15.2. The van der Waals surface area contributed by atoms with Gasteiger partial charge in [0.1, 0.15) is 0 Å². The van der Waals surface area contributed by atoms with E-state index in [9.17, 15) is 0 Å². The zero-order valence-electron chi connectivity index (χ0n) is 20.1. The minimum atomic E-state index is 0.0280. The molecule has 0 spiro atoms. The van der Waals surface area contributed by atoms with Gasteiger partial charge in [-0.3, -0.25) is 0 Å². The minimum Gasteiger partial charge on any atom is -0.339 e. The lowest BCUT2D eigenvalue weighted by molar-refractivity contribution is 0.365. The number of aromatic nitrogens is 1. The first-order valence-electron chi connectivity index (χ1n) is 11.2. The van der Waals surface area contributed by atoms with Gasteiger partial charge in [-0.25, -0.2) is 0 Å². The highest BCUT2D eigenvalue weighted by molar-refractivity contribution is 8.00. The molecule has 2 nitrogen and oxygen atoms in total. The molecule has 0 fully saturated rings. The third-order valence-electron chi connectivity index (χ3n) is 5.67. The maximum atomic E-state index is 6.18. The summed E-state index contributed by atoms with van der Waals surface area (Å²) >= 11 is 8.13. The van der Waals surface area contributed by atoms with Crippen LogP contribution in [0.25, 0.3) is 10.9 Å². The van der Waals surface area contributed by atoms with Gasteiger partial charge < -0.3 is 10.3 Å². The molecule has 1 aromatic heterocycles. The summed E-state index contributed by atoms with van der Waals surface area (Å²) in [5.74, 6) is 0.500. The molecule has 0 aliphatic carbocycles. The molecule has 0 bridgehead atoms. The van der Waals surface area contributed by atoms with Crippen molar-refractivity contribution in [2.75, 3.05) is 6.54 Å². The summed E-state index contributed by atoms with van der Waals surface area (Å²) in [6.07, 6.45) is 0.946. The molecule has 0 aliphatic rings. The molecule has 0 aliphatic heterocycles. The smallest absolute Gasteiger partial charge is 0.0497 e. The van der Waals surface area contributed by atoms with Crippen molar-refractivity contribution in [1.29, 1.82) is 0 Å². The first-order valence-corrected chi connectivity index (χ1v) is 12.4. The molecule has 1 heterocycles. The van der Waals surface area contributed by atoms with Crippen LogP contribution in [0.5, 0.6) is 0 Å². The van der Waals surface area contributed by atoms with E-state index in [1.165, 1.54) is 32.6 Å². The Morgan fingerprint density at radius 3 is 2.19 bits per heavy atom. The molecular weight excluding hydrogens is 420 g/mol. The number of fused-ring (bicyclic) bond motifs is 1. The van der Waals surface area contributed by atoms with Crippen LogP contribution in [0.3, 0.4) is 0 Å². The lowest BCUT2D eigenvalue weighted by atomic mass is 9.88. The van der Waals surface area contributed by atoms with Crippen LogP contribution in [0.2, 0.25) is 5.02 Å². The van der Waals surface area contributed by atoms with Crippen molar-refractivity contribution in [2.24, 2.45) is 11.1 Å². The summed E-state index contributed by atoms with van der Waals surface area (Å²) in [5, 5.41) is 2.14. The molecule has 0 amide bonds. The summed E-state index contributed by atoms with van der Waals surface area (Å²) in [6.45, 7) is 17.4. The van der Waals surface area contributed by atoms with Gasteiger partial charge in [-0.05, 0) is 59.7 Å². The van der Waals surface area contributed by atoms with Gasteiger partial charge in [0.15, 0.2) is 0 Å². The van der Waals surface area contributed by atoms with Crippen molar-refractivity contribution in [3.8, 4) is 0 Å². The monoisotopic (exact) mass is 456 g/mol. The number of rotatable bonds is 7. The van der Waals surface area contributed by atoms with Crippen LogP contribution in [0, 0.1) is 5.41 Å². The number of nitrogens with zero attached hydrogens (tertiary/aromatic N) is 1. The highest BCUT2D eigenvalue weighted by Gasteiger charge is 2.27. The third-order valence-corrected chi connectivity index (χ3v) is 7.20. The normalized spacial score (nSPS) is 12.8. The van der Waals surface area contributed by atoms with Crippen molar-refractivity contribution in [3.63, 3.8) is 0 Å². The average Bonchev–Trinajstić information content (AvgIpc) is 2.94. The largest absolute Gasteiger partial charge is 0.339 e. The van der Waals surface area contributed by atoms with Crippen LogP contribution in [0.15, 0.2) is 47.4 Å². The maximum absolute atomic E-state index is 6.18. The molecule has 3 rings (SSSR count). The number of thioether (sulfide) groups is 1. The fourth-order valence-electron chi connectivity index (χ4n) is 3.83. The Bertz CT molecular complexity index is 1040. The van der Waals surface area contributed by atoms with E-state index in [-0.39, 0.29) is 10.2 Å². The SMILES string of the molecule is CC(C)c1ccc2c(c1)c(SC(C)(C)C)c(CC(C)(C)CN)n2Cc1ccc(Cl)cc1. The second kappa shape index (κ2) is 9.21. The van der Waals surface area contributed by atoms with Crippen LogP contribution in [-0.2, 0) is 13.0 Å². The Morgan fingerprint density at radius 2 is 1.65 bits per heavy atom. The molecule has 0 unspecified atom stereocenters. The van der Waals surface area contributed by atoms with Crippen molar-refractivity contribution in [2.45, 2.75) is 77.0 Å². The predicted octanol–water partition coefficient (Wildman–Crippen LogP) is 7.88.